The summed E-state index contributed by atoms with van der Waals surface area (Å²) in [5.41, 5.74) is 0. The molecule has 4 heteroatoms. The normalized spacial score (nSPS) is 18.1. The van der Waals surface area contributed by atoms with E-state index >= 15 is 0 Å². The van der Waals surface area contributed by atoms with E-state index in [9.17, 15) is 4.79 Å². The van der Waals surface area contributed by atoms with Crippen molar-refractivity contribution >= 4 is 17.8 Å². The average molecular weight is 244 g/mol. The van der Waals surface area contributed by atoms with Crippen LogP contribution in [0, 0.1) is 0 Å². The summed E-state index contributed by atoms with van der Waals surface area (Å²) in [6, 6.07) is 0.115. The summed E-state index contributed by atoms with van der Waals surface area (Å²) in [5, 5.41) is 3.04. The largest absolute Gasteiger partial charge is 0.337 e. The van der Waals surface area contributed by atoms with Crippen molar-refractivity contribution in [2.45, 2.75) is 44.3 Å². The lowest BCUT2D eigenvalue weighted by molar-refractivity contribution is 0.199. The first-order valence-corrected chi connectivity index (χ1v) is 7.35. The highest BCUT2D eigenvalue weighted by atomic mass is 32.2. The number of amides is 2. The maximum atomic E-state index is 11.9. The zero-order chi connectivity index (χ0) is 12.0. The third kappa shape index (κ3) is 4.64. The molecule has 0 saturated carbocycles. The molecule has 3 nitrogen and oxygen atoms in total. The molecule has 16 heavy (non-hydrogen) atoms. The maximum Gasteiger partial charge on any atom is 0.317 e. The van der Waals surface area contributed by atoms with Crippen LogP contribution >= 0.6 is 11.8 Å². The molecule has 0 aromatic heterocycles. The Kier molecular flexibility index (Phi) is 5.46. The standard InChI is InChI=1S/C12H24N2OS/c1-12(2,16-3)10-13-11(15)14-8-6-4-5-7-9-14/h4-10H2,1-3H3,(H,13,15). The van der Waals surface area contributed by atoms with Crippen molar-refractivity contribution < 1.29 is 4.79 Å². The highest BCUT2D eigenvalue weighted by Gasteiger charge is 2.20. The van der Waals surface area contributed by atoms with E-state index < -0.39 is 0 Å². The van der Waals surface area contributed by atoms with Crippen molar-refractivity contribution in [2.24, 2.45) is 0 Å². The smallest absolute Gasteiger partial charge is 0.317 e. The van der Waals surface area contributed by atoms with Gasteiger partial charge in [0.25, 0.3) is 0 Å². The Balaban J connectivity index is 2.33. The summed E-state index contributed by atoms with van der Waals surface area (Å²) < 4.78 is 0.126. The molecule has 1 rings (SSSR count). The predicted molar refractivity (Wildman–Crippen MR) is 71.0 cm³/mol. The number of nitrogens with zero attached hydrogens (tertiary/aromatic N) is 1. The lowest BCUT2D eigenvalue weighted by Crippen LogP contribution is -2.44. The summed E-state index contributed by atoms with van der Waals surface area (Å²) >= 11 is 1.79. The Bertz CT molecular complexity index is 223. The van der Waals surface area contributed by atoms with E-state index in [0.29, 0.717) is 0 Å². The number of likely N-dealkylation sites (tertiary alicyclic amines) is 1. The zero-order valence-corrected chi connectivity index (χ0v) is 11.5. The Hall–Kier alpha value is -0.380. The van der Waals surface area contributed by atoms with Crippen LogP contribution in [-0.4, -0.2) is 41.6 Å². The fourth-order valence-corrected chi connectivity index (χ4v) is 1.96. The third-order valence-corrected chi connectivity index (χ3v) is 4.36. The van der Waals surface area contributed by atoms with Gasteiger partial charge in [0.05, 0.1) is 0 Å². The summed E-state index contributed by atoms with van der Waals surface area (Å²) in [4.78, 5) is 13.9. The predicted octanol–water partition coefficient (Wildman–Crippen LogP) is 2.71. The molecule has 0 aromatic rings. The quantitative estimate of drug-likeness (QED) is 0.828. The second-order valence-corrected chi connectivity index (χ2v) is 6.54. The minimum absolute atomic E-state index is 0.115. The van der Waals surface area contributed by atoms with Crippen LogP contribution in [0.4, 0.5) is 4.79 Å². The van der Waals surface area contributed by atoms with E-state index in [0.717, 1.165) is 32.5 Å². The fraction of sp³-hybridized carbons (Fsp3) is 0.917. The monoisotopic (exact) mass is 244 g/mol. The molecule has 1 saturated heterocycles. The number of rotatable bonds is 3. The molecule has 94 valence electrons. The Labute approximate surface area is 103 Å². The fourth-order valence-electron chi connectivity index (χ4n) is 1.75. The van der Waals surface area contributed by atoms with Crippen LogP contribution in [0.15, 0.2) is 0 Å². The molecule has 0 atom stereocenters. The van der Waals surface area contributed by atoms with Gasteiger partial charge < -0.3 is 10.2 Å². The van der Waals surface area contributed by atoms with Gasteiger partial charge >= 0.3 is 6.03 Å². The SMILES string of the molecule is CSC(C)(C)CNC(=O)N1CCCCCC1. The molecule has 0 aromatic carbocycles. The van der Waals surface area contributed by atoms with E-state index in [1.165, 1.54) is 12.8 Å². The van der Waals surface area contributed by atoms with Gasteiger partial charge in [0.15, 0.2) is 0 Å². The Morgan fingerprint density at radius 2 is 1.81 bits per heavy atom. The number of hydrogen-bond donors (Lipinski definition) is 1. The van der Waals surface area contributed by atoms with Crippen molar-refractivity contribution in [2.75, 3.05) is 25.9 Å². The first kappa shape index (κ1) is 13.7. The minimum atomic E-state index is 0.115. The molecule has 2 amide bonds. The number of carbonyl (C=O) groups excluding carboxylic acids is 1. The van der Waals surface area contributed by atoms with Gasteiger partial charge in [-0.3, -0.25) is 0 Å². The number of carbonyl (C=O) groups is 1. The number of nitrogens with one attached hydrogen (secondary N) is 1. The van der Waals surface area contributed by atoms with Gasteiger partial charge in [-0.1, -0.05) is 12.8 Å². The van der Waals surface area contributed by atoms with Gasteiger partial charge in [-0.15, -0.1) is 0 Å². The minimum Gasteiger partial charge on any atom is -0.337 e. The molecule has 1 N–H and O–H groups in total. The van der Waals surface area contributed by atoms with Crippen LogP contribution in [0.25, 0.3) is 0 Å². The van der Waals surface area contributed by atoms with Crippen LogP contribution in [-0.2, 0) is 0 Å². The Morgan fingerprint density at radius 1 is 1.25 bits per heavy atom. The van der Waals surface area contributed by atoms with Crippen molar-refractivity contribution in [3.63, 3.8) is 0 Å². The second-order valence-electron chi connectivity index (χ2n) is 5.02. The summed E-state index contributed by atoms with van der Waals surface area (Å²) in [6.07, 6.45) is 6.91. The van der Waals surface area contributed by atoms with Crippen molar-refractivity contribution in [1.29, 1.82) is 0 Å². The molecule has 1 fully saturated rings. The number of thioether (sulfide) groups is 1. The summed E-state index contributed by atoms with van der Waals surface area (Å²) in [5.74, 6) is 0. The van der Waals surface area contributed by atoms with Gasteiger partial charge in [0.2, 0.25) is 0 Å². The topological polar surface area (TPSA) is 32.3 Å². The first-order chi connectivity index (χ1) is 7.55. The first-order valence-electron chi connectivity index (χ1n) is 6.13. The molecule has 1 aliphatic heterocycles. The lowest BCUT2D eigenvalue weighted by atomic mass is 10.2. The molecule has 1 aliphatic rings. The third-order valence-electron chi connectivity index (χ3n) is 3.11. The summed E-state index contributed by atoms with van der Waals surface area (Å²) in [6.45, 7) is 6.89. The van der Waals surface area contributed by atoms with Gasteiger partial charge in [-0.25, -0.2) is 4.79 Å². The van der Waals surface area contributed by atoms with Gasteiger partial charge in [-0.05, 0) is 32.9 Å². The van der Waals surface area contributed by atoms with E-state index in [4.69, 9.17) is 0 Å². The zero-order valence-electron chi connectivity index (χ0n) is 10.7. The maximum absolute atomic E-state index is 11.9. The number of hydrogen-bond acceptors (Lipinski definition) is 2. The van der Waals surface area contributed by atoms with E-state index in [1.807, 2.05) is 4.90 Å². The molecule has 0 unspecified atom stereocenters. The number of urea groups is 1. The lowest BCUT2D eigenvalue weighted by Gasteiger charge is -2.26. The van der Waals surface area contributed by atoms with Crippen LogP contribution in [0.5, 0.6) is 0 Å². The average Bonchev–Trinajstić information content (AvgIpc) is 2.54. The van der Waals surface area contributed by atoms with Crippen LogP contribution < -0.4 is 5.32 Å². The van der Waals surface area contributed by atoms with Crippen molar-refractivity contribution in [1.82, 2.24) is 10.2 Å². The van der Waals surface area contributed by atoms with E-state index in [2.05, 4.69) is 25.4 Å². The summed E-state index contributed by atoms with van der Waals surface area (Å²) in [7, 11) is 0. The van der Waals surface area contributed by atoms with E-state index in [-0.39, 0.29) is 10.8 Å². The molecule has 1 heterocycles. The second kappa shape index (κ2) is 6.38. The van der Waals surface area contributed by atoms with Crippen molar-refractivity contribution in [3.8, 4) is 0 Å². The van der Waals surface area contributed by atoms with Crippen molar-refractivity contribution in [3.05, 3.63) is 0 Å². The van der Waals surface area contributed by atoms with Crippen LogP contribution in [0.2, 0.25) is 0 Å². The van der Waals surface area contributed by atoms with Crippen LogP contribution in [0.1, 0.15) is 39.5 Å². The molecular weight excluding hydrogens is 220 g/mol. The van der Waals surface area contributed by atoms with Gasteiger partial charge in [-0.2, -0.15) is 11.8 Å². The van der Waals surface area contributed by atoms with Crippen LogP contribution in [0.3, 0.4) is 0 Å². The van der Waals surface area contributed by atoms with Gasteiger partial charge in [0, 0.05) is 24.4 Å². The van der Waals surface area contributed by atoms with E-state index in [1.54, 1.807) is 11.8 Å². The molecule has 0 aliphatic carbocycles. The highest BCUT2D eigenvalue weighted by molar-refractivity contribution is 7.99. The van der Waals surface area contributed by atoms with Gasteiger partial charge in [0.1, 0.15) is 0 Å². The Morgan fingerprint density at radius 3 is 2.31 bits per heavy atom. The molecule has 0 spiro atoms. The molecule has 0 bridgehead atoms. The molecule has 0 radical (unpaired) electrons. The molecular formula is C12H24N2OS. The highest BCUT2D eigenvalue weighted by Crippen LogP contribution is 2.19.